The van der Waals surface area contributed by atoms with Gasteiger partial charge in [0.05, 0.1) is 7.11 Å². The van der Waals surface area contributed by atoms with Gasteiger partial charge in [-0.3, -0.25) is 4.18 Å². The van der Waals surface area contributed by atoms with Crippen molar-refractivity contribution in [2.45, 2.75) is 19.1 Å². The molecule has 0 spiro atoms. The average Bonchev–Trinajstić information content (AvgIpc) is 2.76. The molecular weight excluding hydrogens is 406 g/mol. The standard InChI is InChI=1S/C22H23NO6S/c1-27-21(22(24)25)12-15-4-8-19(9-5-15)23-14-16-3-6-18-13-20(29-30(26)28-2)10-7-17(18)11-16/h3-11,13,21,23H,12,14H2,1-2H3,(H,24,25)/t21-,30?/m0/s1. The third-order valence-corrected chi connectivity index (χ3v) is 5.21. The quantitative estimate of drug-likeness (QED) is 0.507. The largest absolute Gasteiger partial charge is 0.479 e. The van der Waals surface area contributed by atoms with Crippen LogP contribution >= 0.6 is 0 Å². The SMILES string of the molecule is CO[C@@H](Cc1ccc(NCc2ccc3cc(OS(=O)OC)ccc3c2)cc1)C(=O)O. The minimum atomic E-state index is -1.80. The van der Waals surface area contributed by atoms with E-state index in [9.17, 15) is 9.00 Å². The van der Waals surface area contributed by atoms with Gasteiger partial charge in [0.1, 0.15) is 5.75 Å². The fourth-order valence-electron chi connectivity index (χ4n) is 3.00. The van der Waals surface area contributed by atoms with Gasteiger partial charge in [0.25, 0.3) is 0 Å². The van der Waals surface area contributed by atoms with Gasteiger partial charge in [0.15, 0.2) is 6.10 Å². The summed E-state index contributed by atoms with van der Waals surface area (Å²) in [5, 5.41) is 14.4. The first kappa shape index (κ1) is 21.8. The van der Waals surface area contributed by atoms with Crippen molar-refractivity contribution in [3.63, 3.8) is 0 Å². The fourth-order valence-corrected chi connectivity index (χ4v) is 3.32. The van der Waals surface area contributed by atoms with Crippen molar-refractivity contribution in [1.82, 2.24) is 0 Å². The Morgan fingerprint density at radius 2 is 1.67 bits per heavy atom. The summed E-state index contributed by atoms with van der Waals surface area (Å²) in [6.07, 6.45) is -0.526. The predicted octanol–water partition coefficient (Wildman–Crippen LogP) is 3.70. The molecule has 3 aromatic rings. The smallest absolute Gasteiger partial charge is 0.359 e. The molecule has 1 unspecified atom stereocenters. The highest BCUT2D eigenvalue weighted by Gasteiger charge is 2.16. The van der Waals surface area contributed by atoms with E-state index < -0.39 is 23.4 Å². The van der Waals surface area contributed by atoms with Crippen LogP contribution in [0, 0.1) is 0 Å². The van der Waals surface area contributed by atoms with Crippen LogP contribution in [0.3, 0.4) is 0 Å². The molecule has 7 nitrogen and oxygen atoms in total. The number of aliphatic carboxylic acids is 1. The molecule has 0 aliphatic carbocycles. The highest BCUT2D eigenvalue weighted by molar-refractivity contribution is 7.75. The number of hydrogen-bond donors (Lipinski definition) is 2. The van der Waals surface area contributed by atoms with E-state index >= 15 is 0 Å². The second kappa shape index (κ2) is 10.2. The maximum Gasteiger partial charge on any atom is 0.359 e. The lowest BCUT2D eigenvalue weighted by Gasteiger charge is -2.12. The second-order valence-electron chi connectivity index (χ2n) is 6.61. The van der Waals surface area contributed by atoms with Gasteiger partial charge in [-0.15, -0.1) is 0 Å². The van der Waals surface area contributed by atoms with Crippen molar-refractivity contribution in [1.29, 1.82) is 0 Å². The van der Waals surface area contributed by atoms with Crippen molar-refractivity contribution < 1.29 is 27.2 Å². The first-order valence-electron chi connectivity index (χ1n) is 9.24. The van der Waals surface area contributed by atoms with Gasteiger partial charge >= 0.3 is 17.3 Å². The maximum absolute atomic E-state index is 11.3. The van der Waals surface area contributed by atoms with Crippen LogP contribution in [-0.4, -0.2) is 35.6 Å². The molecule has 2 N–H and O–H groups in total. The lowest BCUT2D eigenvalue weighted by molar-refractivity contribution is -0.148. The van der Waals surface area contributed by atoms with E-state index in [1.54, 1.807) is 6.07 Å². The fraction of sp³-hybridized carbons (Fsp3) is 0.227. The molecule has 0 saturated carbocycles. The van der Waals surface area contributed by atoms with Gasteiger partial charge < -0.3 is 19.3 Å². The van der Waals surface area contributed by atoms with Gasteiger partial charge in [0.2, 0.25) is 0 Å². The van der Waals surface area contributed by atoms with Gasteiger partial charge in [-0.25, -0.2) is 4.79 Å². The molecule has 0 amide bonds. The summed E-state index contributed by atoms with van der Waals surface area (Å²) in [6.45, 7) is 0.636. The molecule has 0 bridgehead atoms. The summed E-state index contributed by atoms with van der Waals surface area (Å²) < 4.78 is 26.1. The summed E-state index contributed by atoms with van der Waals surface area (Å²) in [7, 11) is 2.71. The van der Waals surface area contributed by atoms with Crippen LogP contribution in [0.5, 0.6) is 5.75 Å². The van der Waals surface area contributed by atoms with Crippen LogP contribution in [0.2, 0.25) is 0 Å². The third kappa shape index (κ3) is 5.79. The first-order valence-corrected chi connectivity index (χ1v) is 10.2. The van der Waals surface area contributed by atoms with Crippen LogP contribution in [0.15, 0.2) is 60.7 Å². The van der Waals surface area contributed by atoms with Crippen LogP contribution in [0.25, 0.3) is 10.8 Å². The monoisotopic (exact) mass is 429 g/mol. The number of methoxy groups -OCH3 is 1. The molecule has 2 atom stereocenters. The van der Waals surface area contributed by atoms with E-state index in [0.717, 1.165) is 27.6 Å². The average molecular weight is 429 g/mol. The summed E-state index contributed by atoms with van der Waals surface area (Å²) in [5.74, 6) is -0.492. The Bertz CT molecular complexity index is 1040. The Labute approximate surface area is 177 Å². The van der Waals surface area contributed by atoms with E-state index in [0.29, 0.717) is 18.7 Å². The number of ether oxygens (including phenoxy) is 1. The number of nitrogens with one attached hydrogen (secondary N) is 1. The molecule has 3 rings (SSSR count). The molecule has 0 fully saturated rings. The number of carbonyl (C=O) groups is 1. The zero-order chi connectivity index (χ0) is 21.5. The topological polar surface area (TPSA) is 94.1 Å². The Hall–Kier alpha value is -2.94. The molecule has 3 aromatic carbocycles. The van der Waals surface area contributed by atoms with Crippen LogP contribution in [0.1, 0.15) is 11.1 Å². The summed E-state index contributed by atoms with van der Waals surface area (Å²) in [6, 6.07) is 19.2. The van der Waals surface area contributed by atoms with Gasteiger partial charge in [-0.1, -0.05) is 30.3 Å². The maximum atomic E-state index is 11.3. The number of benzene rings is 3. The molecular formula is C22H23NO6S. The highest BCUT2D eigenvalue weighted by atomic mass is 32.2. The molecule has 0 saturated heterocycles. The predicted molar refractivity (Wildman–Crippen MR) is 116 cm³/mol. The second-order valence-corrected chi connectivity index (χ2v) is 7.52. The third-order valence-electron chi connectivity index (χ3n) is 4.61. The van der Waals surface area contributed by atoms with E-state index in [1.807, 2.05) is 48.5 Å². The van der Waals surface area contributed by atoms with Crippen molar-refractivity contribution in [3.05, 3.63) is 71.8 Å². The number of carboxylic acid groups (broad SMARTS) is 1. The zero-order valence-corrected chi connectivity index (χ0v) is 17.5. The highest BCUT2D eigenvalue weighted by Crippen LogP contribution is 2.23. The van der Waals surface area contributed by atoms with Gasteiger partial charge in [-0.2, -0.15) is 4.21 Å². The molecule has 158 valence electrons. The number of rotatable bonds is 10. The van der Waals surface area contributed by atoms with Crippen molar-refractivity contribution in [3.8, 4) is 5.75 Å². The summed E-state index contributed by atoms with van der Waals surface area (Å²) in [5.41, 5.74) is 2.94. The van der Waals surface area contributed by atoms with Crippen LogP contribution in [0.4, 0.5) is 5.69 Å². The minimum Gasteiger partial charge on any atom is -0.479 e. The lowest BCUT2D eigenvalue weighted by Crippen LogP contribution is -2.24. The summed E-state index contributed by atoms with van der Waals surface area (Å²) >= 11 is -1.80. The molecule has 0 aliphatic rings. The molecule has 0 aromatic heterocycles. The molecule has 30 heavy (non-hydrogen) atoms. The number of anilines is 1. The minimum absolute atomic E-state index is 0.320. The lowest BCUT2D eigenvalue weighted by atomic mass is 10.1. The molecule has 0 radical (unpaired) electrons. The molecule has 0 heterocycles. The Kier molecular flexibility index (Phi) is 7.40. The molecule has 8 heteroatoms. The molecule has 0 aliphatic heterocycles. The number of hydrogen-bond acceptors (Lipinski definition) is 6. The van der Waals surface area contributed by atoms with E-state index in [-0.39, 0.29) is 0 Å². The number of fused-ring (bicyclic) bond motifs is 1. The first-order chi connectivity index (χ1) is 14.5. The van der Waals surface area contributed by atoms with Crippen molar-refractivity contribution in [2.24, 2.45) is 0 Å². The Morgan fingerprint density at radius 3 is 2.33 bits per heavy atom. The number of carboxylic acids is 1. The van der Waals surface area contributed by atoms with Crippen molar-refractivity contribution in [2.75, 3.05) is 19.5 Å². The van der Waals surface area contributed by atoms with Gasteiger partial charge in [0, 0.05) is 25.8 Å². The van der Waals surface area contributed by atoms with Crippen molar-refractivity contribution >= 4 is 33.8 Å². The Balaban J connectivity index is 1.61. The van der Waals surface area contributed by atoms with E-state index in [1.165, 1.54) is 14.2 Å². The van der Waals surface area contributed by atoms with Gasteiger partial charge in [-0.05, 0) is 52.2 Å². The summed E-state index contributed by atoms with van der Waals surface area (Å²) in [4.78, 5) is 11.1. The normalized spacial score (nSPS) is 13.0. The Morgan fingerprint density at radius 1 is 1.00 bits per heavy atom. The zero-order valence-electron chi connectivity index (χ0n) is 16.7. The van der Waals surface area contributed by atoms with Crippen LogP contribution in [-0.2, 0) is 38.0 Å². The van der Waals surface area contributed by atoms with E-state index in [2.05, 4.69) is 15.6 Å². The van der Waals surface area contributed by atoms with Crippen LogP contribution < -0.4 is 9.50 Å². The van der Waals surface area contributed by atoms with E-state index in [4.69, 9.17) is 14.0 Å².